The summed E-state index contributed by atoms with van der Waals surface area (Å²) in [5, 5.41) is 2.79. The maximum Gasteiger partial charge on any atom is 0.248 e. The monoisotopic (exact) mass is 404 g/mol. The fourth-order valence-corrected chi connectivity index (χ4v) is 3.61. The largest absolute Gasteiger partial charge is 0.497 e. The summed E-state index contributed by atoms with van der Waals surface area (Å²) in [5.74, 6) is 0.561. The average Bonchev–Trinajstić information content (AvgIpc) is 2.66. The van der Waals surface area contributed by atoms with Crippen molar-refractivity contribution in [2.75, 3.05) is 12.4 Å². The van der Waals surface area contributed by atoms with Crippen LogP contribution in [-0.2, 0) is 11.2 Å². The first kappa shape index (κ1) is 21.5. The summed E-state index contributed by atoms with van der Waals surface area (Å²) in [6.45, 7) is 7.89. The van der Waals surface area contributed by atoms with Crippen molar-refractivity contribution in [1.82, 2.24) is 0 Å². The summed E-state index contributed by atoms with van der Waals surface area (Å²) < 4.78 is 5.36. The fraction of sp³-hybridized carbons (Fsp3) is 0.320. The fourth-order valence-electron chi connectivity index (χ4n) is 3.61. The predicted molar refractivity (Wildman–Crippen MR) is 121 cm³/mol. The zero-order valence-corrected chi connectivity index (χ0v) is 18.2. The Hall–Kier alpha value is -3.21. The first-order chi connectivity index (χ1) is 14.2. The summed E-state index contributed by atoms with van der Waals surface area (Å²) in [4.78, 5) is 29.7. The molecule has 0 atom stereocenters. The quantitative estimate of drug-likeness (QED) is 0.544. The number of Topliss-reactive ketones (excluding diaryl/α,β-unsaturated/α-hetero) is 1. The number of carbonyl (C=O) groups excluding carboxylic acids is 2. The van der Waals surface area contributed by atoms with Gasteiger partial charge in [-0.1, -0.05) is 11.6 Å². The maximum absolute atomic E-state index is 13.0. The van der Waals surface area contributed by atoms with Crippen LogP contribution < -0.4 is 10.1 Å². The standard InChI is InChI=1S/C25H28N2O3/c1-16(2)12-24(29)26-19-9-6-17(7-10-19)23(28)14-22-21-13-20(30-5)11-8-18(21)15-25(3,4)27-22/h6-13H,14-15H2,1-5H3,(H,26,29). The Bertz CT molecular complexity index is 1030. The molecule has 30 heavy (non-hydrogen) atoms. The summed E-state index contributed by atoms with van der Waals surface area (Å²) in [6.07, 6.45) is 2.57. The van der Waals surface area contributed by atoms with Gasteiger partial charge in [-0.3, -0.25) is 14.6 Å². The first-order valence-corrected chi connectivity index (χ1v) is 10.0. The van der Waals surface area contributed by atoms with Crippen molar-refractivity contribution in [3.63, 3.8) is 0 Å². The minimum atomic E-state index is -0.254. The van der Waals surface area contributed by atoms with Gasteiger partial charge < -0.3 is 10.1 Å². The van der Waals surface area contributed by atoms with Gasteiger partial charge in [-0.25, -0.2) is 0 Å². The lowest BCUT2D eigenvalue weighted by molar-refractivity contribution is -0.111. The Morgan fingerprint density at radius 1 is 1.13 bits per heavy atom. The lowest BCUT2D eigenvalue weighted by atomic mass is 9.85. The van der Waals surface area contributed by atoms with E-state index in [1.54, 1.807) is 31.4 Å². The number of amides is 1. The molecule has 2 aromatic carbocycles. The van der Waals surface area contributed by atoms with Gasteiger partial charge in [0.05, 0.1) is 24.8 Å². The summed E-state index contributed by atoms with van der Waals surface area (Å²) in [5.41, 5.74) is 4.85. The minimum Gasteiger partial charge on any atom is -0.497 e. The number of allylic oxidation sites excluding steroid dienone is 1. The third-order valence-electron chi connectivity index (χ3n) is 4.91. The Kier molecular flexibility index (Phi) is 6.20. The second kappa shape index (κ2) is 8.66. The van der Waals surface area contributed by atoms with Gasteiger partial charge in [0.2, 0.25) is 5.91 Å². The molecule has 0 bridgehead atoms. The van der Waals surface area contributed by atoms with Crippen molar-refractivity contribution in [3.05, 3.63) is 70.8 Å². The topological polar surface area (TPSA) is 67.8 Å². The number of aliphatic imine (C=N–C) groups is 1. The van der Waals surface area contributed by atoms with Crippen LogP contribution >= 0.6 is 0 Å². The van der Waals surface area contributed by atoms with Gasteiger partial charge in [0.25, 0.3) is 0 Å². The molecule has 5 nitrogen and oxygen atoms in total. The van der Waals surface area contributed by atoms with Gasteiger partial charge >= 0.3 is 0 Å². The van der Waals surface area contributed by atoms with Crippen LogP contribution in [0.4, 0.5) is 5.69 Å². The van der Waals surface area contributed by atoms with Crippen molar-refractivity contribution in [3.8, 4) is 5.75 Å². The van der Waals surface area contributed by atoms with E-state index in [1.165, 1.54) is 11.6 Å². The number of carbonyl (C=O) groups is 2. The van der Waals surface area contributed by atoms with E-state index in [9.17, 15) is 9.59 Å². The molecule has 0 aromatic heterocycles. The van der Waals surface area contributed by atoms with E-state index in [-0.39, 0.29) is 23.7 Å². The molecule has 156 valence electrons. The highest BCUT2D eigenvalue weighted by Gasteiger charge is 2.28. The second-order valence-electron chi connectivity index (χ2n) is 8.46. The number of hydrogen-bond donors (Lipinski definition) is 1. The molecule has 0 unspecified atom stereocenters. The van der Waals surface area contributed by atoms with Crippen LogP contribution in [0.1, 0.15) is 55.6 Å². The molecule has 3 rings (SSSR count). The van der Waals surface area contributed by atoms with Crippen LogP contribution in [0.5, 0.6) is 5.75 Å². The number of fused-ring (bicyclic) bond motifs is 1. The molecule has 0 fully saturated rings. The molecule has 1 aliphatic heterocycles. The van der Waals surface area contributed by atoms with Crippen LogP contribution in [-0.4, -0.2) is 30.1 Å². The molecule has 1 aliphatic rings. The molecule has 2 aromatic rings. The first-order valence-electron chi connectivity index (χ1n) is 10.0. The zero-order chi connectivity index (χ0) is 21.9. The number of methoxy groups -OCH3 is 1. The molecule has 1 amide bonds. The summed E-state index contributed by atoms with van der Waals surface area (Å²) >= 11 is 0. The molecule has 0 saturated heterocycles. The molecular formula is C25H28N2O3. The minimum absolute atomic E-state index is 0.0117. The Morgan fingerprint density at radius 2 is 1.83 bits per heavy atom. The number of rotatable bonds is 6. The van der Waals surface area contributed by atoms with E-state index in [1.807, 2.05) is 26.0 Å². The zero-order valence-electron chi connectivity index (χ0n) is 18.2. The SMILES string of the molecule is COc1ccc2c(c1)C(CC(=O)c1ccc(NC(=O)C=C(C)C)cc1)=NC(C)(C)C2. The molecule has 0 radical (unpaired) electrons. The van der Waals surface area contributed by atoms with Gasteiger partial charge in [0.15, 0.2) is 5.78 Å². The molecular weight excluding hydrogens is 376 g/mol. The molecule has 1 heterocycles. The summed E-state index contributed by atoms with van der Waals surface area (Å²) in [6, 6.07) is 12.9. The van der Waals surface area contributed by atoms with E-state index in [0.717, 1.165) is 29.0 Å². The van der Waals surface area contributed by atoms with Crippen LogP contribution in [0.15, 0.2) is 59.1 Å². The van der Waals surface area contributed by atoms with Gasteiger partial charge in [-0.15, -0.1) is 0 Å². The normalized spacial score (nSPS) is 14.2. The number of ketones is 1. The smallest absolute Gasteiger partial charge is 0.248 e. The lowest BCUT2D eigenvalue weighted by Gasteiger charge is -2.29. The van der Waals surface area contributed by atoms with E-state index in [2.05, 4.69) is 25.2 Å². The van der Waals surface area contributed by atoms with Crippen molar-refractivity contribution in [2.45, 2.75) is 46.1 Å². The van der Waals surface area contributed by atoms with E-state index >= 15 is 0 Å². The van der Waals surface area contributed by atoms with Gasteiger partial charge in [-0.2, -0.15) is 0 Å². The van der Waals surface area contributed by atoms with Crippen molar-refractivity contribution >= 4 is 23.1 Å². The maximum atomic E-state index is 13.0. The third kappa shape index (κ3) is 5.23. The van der Waals surface area contributed by atoms with Crippen LogP contribution in [0.25, 0.3) is 0 Å². The van der Waals surface area contributed by atoms with Crippen LogP contribution in [0.3, 0.4) is 0 Å². The molecule has 0 saturated carbocycles. The Balaban J connectivity index is 1.79. The van der Waals surface area contributed by atoms with E-state index in [0.29, 0.717) is 11.3 Å². The number of benzene rings is 2. The molecule has 0 spiro atoms. The van der Waals surface area contributed by atoms with Crippen molar-refractivity contribution in [1.29, 1.82) is 0 Å². The number of ether oxygens (including phenoxy) is 1. The molecule has 5 heteroatoms. The van der Waals surface area contributed by atoms with Crippen molar-refractivity contribution in [2.24, 2.45) is 4.99 Å². The molecule has 0 aliphatic carbocycles. The van der Waals surface area contributed by atoms with Gasteiger partial charge in [-0.05, 0) is 76.1 Å². The van der Waals surface area contributed by atoms with Crippen molar-refractivity contribution < 1.29 is 14.3 Å². The Labute approximate surface area is 177 Å². The second-order valence-corrected chi connectivity index (χ2v) is 8.46. The lowest BCUT2D eigenvalue weighted by Crippen LogP contribution is -2.30. The average molecular weight is 405 g/mol. The predicted octanol–water partition coefficient (Wildman–Crippen LogP) is 5.00. The van der Waals surface area contributed by atoms with Crippen LogP contribution in [0, 0.1) is 0 Å². The highest BCUT2D eigenvalue weighted by Crippen LogP contribution is 2.31. The van der Waals surface area contributed by atoms with Gasteiger partial charge in [0, 0.05) is 22.9 Å². The highest BCUT2D eigenvalue weighted by molar-refractivity contribution is 6.17. The summed E-state index contributed by atoms with van der Waals surface area (Å²) in [7, 11) is 1.63. The van der Waals surface area contributed by atoms with E-state index in [4.69, 9.17) is 9.73 Å². The highest BCUT2D eigenvalue weighted by atomic mass is 16.5. The Morgan fingerprint density at radius 3 is 2.47 bits per heavy atom. The number of nitrogens with one attached hydrogen (secondary N) is 1. The third-order valence-corrected chi connectivity index (χ3v) is 4.91. The molecule has 1 N–H and O–H groups in total. The number of hydrogen-bond acceptors (Lipinski definition) is 4. The number of anilines is 1. The number of nitrogens with zero attached hydrogens (tertiary/aromatic N) is 1. The van der Waals surface area contributed by atoms with Crippen LogP contribution in [0.2, 0.25) is 0 Å². The van der Waals surface area contributed by atoms with E-state index < -0.39 is 0 Å². The van der Waals surface area contributed by atoms with Gasteiger partial charge in [0.1, 0.15) is 5.75 Å².